The van der Waals surface area contributed by atoms with Gasteiger partial charge >= 0.3 is 5.97 Å². The molecule has 1 unspecified atom stereocenters. The van der Waals surface area contributed by atoms with Crippen molar-refractivity contribution in [2.24, 2.45) is 0 Å². The van der Waals surface area contributed by atoms with Crippen molar-refractivity contribution < 1.29 is 9.53 Å². The number of thioether (sulfide) groups is 1. The molecule has 1 atom stereocenters. The van der Waals surface area contributed by atoms with Crippen molar-refractivity contribution >= 4 is 40.2 Å². The second kappa shape index (κ2) is 6.26. The lowest BCUT2D eigenvalue weighted by Gasteiger charge is -2.10. The fourth-order valence-corrected chi connectivity index (χ4v) is 2.86. The summed E-state index contributed by atoms with van der Waals surface area (Å²) in [5.74, 6) is 0.405. The van der Waals surface area contributed by atoms with E-state index in [1.807, 2.05) is 37.3 Å². The predicted molar refractivity (Wildman–Crippen MR) is 79.5 cm³/mol. The Morgan fingerprint density at radius 3 is 2.95 bits per heavy atom. The van der Waals surface area contributed by atoms with Crippen molar-refractivity contribution in [3.63, 3.8) is 0 Å². The molecule has 5 heteroatoms. The normalized spacial score (nSPS) is 12.4. The summed E-state index contributed by atoms with van der Waals surface area (Å²) in [7, 11) is 1.39. The summed E-state index contributed by atoms with van der Waals surface area (Å²) in [6.07, 6.45) is 0. The molecule has 0 radical (unpaired) electrons. The summed E-state index contributed by atoms with van der Waals surface area (Å²) < 4.78 is 4.69. The number of fused-ring (bicyclic) bond motifs is 1. The monoisotopic (exact) mass is 295 g/mol. The number of methoxy groups -OCH3 is 1. The number of carbonyl (C=O) groups excluding carboxylic acids is 1. The number of ether oxygens (including phenoxy) is 1. The van der Waals surface area contributed by atoms with E-state index in [0.29, 0.717) is 10.9 Å². The quantitative estimate of drug-likeness (QED) is 0.637. The molecule has 0 aliphatic carbocycles. The van der Waals surface area contributed by atoms with Gasteiger partial charge in [0.1, 0.15) is 5.15 Å². The van der Waals surface area contributed by atoms with Crippen LogP contribution in [0.1, 0.15) is 12.5 Å². The van der Waals surface area contributed by atoms with Crippen LogP contribution in [-0.2, 0) is 15.3 Å². The molecule has 19 heavy (non-hydrogen) atoms. The van der Waals surface area contributed by atoms with E-state index in [0.717, 1.165) is 16.5 Å². The van der Waals surface area contributed by atoms with Crippen molar-refractivity contribution in [1.29, 1.82) is 0 Å². The Morgan fingerprint density at radius 1 is 1.47 bits per heavy atom. The van der Waals surface area contributed by atoms with Crippen molar-refractivity contribution in [1.82, 2.24) is 4.98 Å². The molecule has 0 N–H and O–H groups in total. The molecule has 0 aliphatic heterocycles. The topological polar surface area (TPSA) is 39.2 Å². The highest BCUT2D eigenvalue weighted by molar-refractivity contribution is 7.99. The average molecular weight is 296 g/mol. The maximum Gasteiger partial charge on any atom is 0.318 e. The van der Waals surface area contributed by atoms with Crippen molar-refractivity contribution in [3.8, 4) is 0 Å². The molecule has 0 fully saturated rings. The molecule has 1 aromatic carbocycles. The van der Waals surface area contributed by atoms with Gasteiger partial charge in [0.05, 0.1) is 17.9 Å². The van der Waals surface area contributed by atoms with Gasteiger partial charge in [0.25, 0.3) is 0 Å². The molecule has 100 valence electrons. The van der Waals surface area contributed by atoms with Gasteiger partial charge in [0.2, 0.25) is 0 Å². The number of rotatable bonds is 4. The molecular formula is C14H14ClNO2S. The molecule has 0 bridgehead atoms. The molecule has 3 nitrogen and oxygen atoms in total. The van der Waals surface area contributed by atoms with Gasteiger partial charge in [0, 0.05) is 16.7 Å². The van der Waals surface area contributed by atoms with Gasteiger partial charge in [-0.3, -0.25) is 4.79 Å². The number of halogens is 1. The van der Waals surface area contributed by atoms with Crippen LogP contribution in [0, 0.1) is 0 Å². The second-order valence-corrected chi connectivity index (χ2v) is 5.79. The molecule has 0 aliphatic rings. The molecule has 0 saturated carbocycles. The highest BCUT2D eigenvalue weighted by Gasteiger charge is 2.14. The van der Waals surface area contributed by atoms with E-state index in [1.165, 1.54) is 18.9 Å². The van der Waals surface area contributed by atoms with Crippen LogP contribution >= 0.6 is 23.4 Å². The minimum Gasteiger partial charge on any atom is -0.468 e. The highest BCUT2D eigenvalue weighted by atomic mass is 35.5. The Hall–Kier alpha value is -1.26. The summed E-state index contributed by atoms with van der Waals surface area (Å²) in [6.45, 7) is 1.82. The van der Waals surface area contributed by atoms with Crippen LogP contribution in [0.4, 0.5) is 0 Å². The zero-order valence-electron chi connectivity index (χ0n) is 10.7. The first-order valence-electron chi connectivity index (χ1n) is 5.85. The zero-order valence-corrected chi connectivity index (χ0v) is 12.3. The van der Waals surface area contributed by atoms with Crippen LogP contribution in [0.15, 0.2) is 30.3 Å². The summed E-state index contributed by atoms with van der Waals surface area (Å²) in [5.41, 5.74) is 1.81. The zero-order chi connectivity index (χ0) is 13.8. The van der Waals surface area contributed by atoms with Crippen LogP contribution < -0.4 is 0 Å². The number of hydrogen-bond donors (Lipinski definition) is 0. The predicted octanol–water partition coefficient (Wildman–Crippen LogP) is 3.68. The fraction of sp³-hybridized carbons (Fsp3) is 0.286. The van der Waals surface area contributed by atoms with Gasteiger partial charge in [-0.05, 0) is 19.1 Å². The third kappa shape index (κ3) is 3.39. The van der Waals surface area contributed by atoms with Crippen LogP contribution in [0.5, 0.6) is 0 Å². The number of pyridine rings is 1. The SMILES string of the molecule is COC(=O)C(C)SCc1cc2ccccc2nc1Cl. The number of hydrogen-bond acceptors (Lipinski definition) is 4. The summed E-state index contributed by atoms with van der Waals surface area (Å²) in [5, 5.41) is 1.32. The second-order valence-electron chi connectivity index (χ2n) is 4.11. The Kier molecular flexibility index (Phi) is 4.66. The maximum absolute atomic E-state index is 11.3. The van der Waals surface area contributed by atoms with E-state index in [2.05, 4.69) is 4.98 Å². The Balaban J connectivity index is 2.16. The van der Waals surface area contributed by atoms with Gasteiger partial charge in [0.15, 0.2) is 0 Å². The van der Waals surface area contributed by atoms with Crippen molar-refractivity contribution in [2.75, 3.05) is 7.11 Å². The largest absolute Gasteiger partial charge is 0.468 e. The number of esters is 1. The summed E-state index contributed by atoms with van der Waals surface area (Å²) in [4.78, 5) is 15.7. The third-order valence-electron chi connectivity index (χ3n) is 2.77. The van der Waals surface area contributed by atoms with Gasteiger partial charge < -0.3 is 4.74 Å². The van der Waals surface area contributed by atoms with E-state index >= 15 is 0 Å². The van der Waals surface area contributed by atoms with Crippen LogP contribution in [0.3, 0.4) is 0 Å². The Morgan fingerprint density at radius 2 is 2.21 bits per heavy atom. The molecule has 1 aromatic heterocycles. The van der Waals surface area contributed by atoms with Gasteiger partial charge in [-0.1, -0.05) is 29.8 Å². The highest BCUT2D eigenvalue weighted by Crippen LogP contribution is 2.26. The summed E-state index contributed by atoms with van der Waals surface area (Å²) in [6, 6.07) is 9.83. The van der Waals surface area contributed by atoms with Crippen molar-refractivity contribution in [3.05, 3.63) is 41.0 Å². The lowest BCUT2D eigenvalue weighted by molar-refractivity contribution is -0.139. The lowest BCUT2D eigenvalue weighted by atomic mass is 10.2. The average Bonchev–Trinajstić information content (AvgIpc) is 2.43. The molecule has 2 rings (SSSR count). The first-order valence-corrected chi connectivity index (χ1v) is 7.28. The van der Waals surface area contributed by atoms with Crippen LogP contribution in [-0.4, -0.2) is 23.3 Å². The standard InChI is InChI=1S/C14H14ClNO2S/c1-9(14(17)18-2)19-8-11-7-10-5-3-4-6-12(10)16-13(11)15/h3-7,9H,8H2,1-2H3. The Labute approximate surface area is 121 Å². The number of benzene rings is 1. The van der Waals surface area contributed by atoms with Gasteiger partial charge in [-0.15, -0.1) is 11.8 Å². The molecule has 1 heterocycles. The smallest absolute Gasteiger partial charge is 0.318 e. The first kappa shape index (κ1) is 14.2. The minimum atomic E-state index is -0.227. The Bertz CT molecular complexity index is 603. The maximum atomic E-state index is 11.3. The van der Waals surface area contributed by atoms with Crippen LogP contribution in [0.2, 0.25) is 5.15 Å². The van der Waals surface area contributed by atoms with Gasteiger partial charge in [-0.2, -0.15) is 0 Å². The molecule has 2 aromatic rings. The number of para-hydroxylation sites is 1. The van der Waals surface area contributed by atoms with Crippen LogP contribution in [0.25, 0.3) is 10.9 Å². The van der Waals surface area contributed by atoms with Gasteiger partial charge in [-0.25, -0.2) is 4.98 Å². The molecular weight excluding hydrogens is 282 g/mol. The summed E-state index contributed by atoms with van der Waals surface area (Å²) >= 11 is 7.65. The number of carbonyl (C=O) groups is 1. The third-order valence-corrected chi connectivity index (χ3v) is 4.27. The van der Waals surface area contributed by atoms with E-state index in [4.69, 9.17) is 16.3 Å². The van der Waals surface area contributed by atoms with Crippen molar-refractivity contribution in [2.45, 2.75) is 17.9 Å². The first-order chi connectivity index (χ1) is 9.11. The molecule has 0 saturated heterocycles. The van der Waals surface area contributed by atoms with E-state index in [-0.39, 0.29) is 11.2 Å². The minimum absolute atomic E-state index is 0.215. The molecule has 0 spiro atoms. The number of nitrogens with zero attached hydrogens (tertiary/aromatic N) is 1. The lowest BCUT2D eigenvalue weighted by Crippen LogP contribution is -2.14. The molecule has 0 amide bonds. The number of aromatic nitrogens is 1. The van der Waals surface area contributed by atoms with E-state index in [9.17, 15) is 4.79 Å². The fourth-order valence-electron chi connectivity index (χ4n) is 1.69. The van der Waals surface area contributed by atoms with E-state index < -0.39 is 0 Å². The van der Waals surface area contributed by atoms with E-state index in [1.54, 1.807) is 0 Å².